The van der Waals surface area contributed by atoms with E-state index in [2.05, 4.69) is 10.3 Å². The Balaban J connectivity index is 1.77. The highest BCUT2D eigenvalue weighted by Crippen LogP contribution is 2.32. The zero-order valence-corrected chi connectivity index (χ0v) is 15.0. The highest BCUT2D eigenvalue weighted by Gasteiger charge is 2.31. The highest BCUT2D eigenvalue weighted by molar-refractivity contribution is 6.04. The number of rotatable bonds is 4. The molecule has 2 aromatic heterocycles. The first-order valence-electron chi connectivity index (χ1n) is 8.58. The van der Waals surface area contributed by atoms with E-state index < -0.39 is 34.8 Å². The Labute approximate surface area is 165 Å². The normalized spacial score (nSPS) is 11.8. The van der Waals surface area contributed by atoms with E-state index in [0.29, 0.717) is 17.3 Å². The van der Waals surface area contributed by atoms with Crippen LogP contribution in [0.4, 0.5) is 27.9 Å². The summed E-state index contributed by atoms with van der Waals surface area (Å²) in [5, 5.41) is 2.37. The number of carbonyl (C=O) groups is 1. The lowest BCUT2D eigenvalue weighted by Crippen LogP contribution is -2.17. The van der Waals surface area contributed by atoms with E-state index in [4.69, 9.17) is 4.42 Å². The monoisotopic (exact) mass is 421 g/mol. The van der Waals surface area contributed by atoms with E-state index >= 15 is 0 Å². The van der Waals surface area contributed by atoms with Gasteiger partial charge < -0.3 is 8.98 Å². The summed E-state index contributed by atoms with van der Waals surface area (Å²) in [4.78, 5) is 16.5. The van der Waals surface area contributed by atoms with Crippen LogP contribution in [-0.2, 0) is 12.7 Å². The molecule has 0 fully saturated rings. The average Bonchev–Trinajstić information content (AvgIpc) is 3.29. The van der Waals surface area contributed by atoms with Gasteiger partial charge in [-0.2, -0.15) is 13.2 Å². The second-order valence-electron chi connectivity index (χ2n) is 6.38. The van der Waals surface area contributed by atoms with Crippen LogP contribution in [0.3, 0.4) is 0 Å². The standard InChI is InChI=1S/C20H12F5N3O2/c21-12-4-5-14(15(22)9-12)18(29)27-19-26-16-8-11(20(23,24)25)3-6-17(16)28(19)10-13-2-1-7-30-13/h1-9H,10H2,(H,26,27,29). The molecule has 0 aliphatic heterocycles. The molecular formula is C20H12F5N3O2. The molecule has 30 heavy (non-hydrogen) atoms. The third-order valence-electron chi connectivity index (χ3n) is 4.37. The van der Waals surface area contributed by atoms with E-state index in [1.165, 1.54) is 16.9 Å². The smallest absolute Gasteiger partial charge is 0.416 e. The Kier molecular flexibility index (Phi) is 4.76. The number of furan rings is 1. The lowest BCUT2D eigenvalue weighted by molar-refractivity contribution is -0.137. The quantitative estimate of drug-likeness (QED) is 0.459. The van der Waals surface area contributed by atoms with Gasteiger partial charge in [0.25, 0.3) is 5.91 Å². The van der Waals surface area contributed by atoms with E-state index in [-0.39, 0.29) is 18.0 Å². The number of hydrogen-bond donors (Lipinski definition) is 1. The van der Waals surface area contributed by atoms with Crippen LogP contribution in [0.15, 0.2) is 59.2 Å². The van der Waals surface area contributed by atoms with Crippen molar-refractivity contribution in [2.45, 2.75) is 12.7 Å². The lowest BCUT2D eigenvalue weighted by atomic mass is 10.2. The summed E-state index contributed by atoms with van der Waals surface area (Å²) >= 11 is 0. The highest BCUT2D eigenvalue weighted by atomic mass is 19.4. The van der Waals surface area contributed by atoms with Crippen LogP contribution in [0.25, 0.3) is 11.0 Å². The predicted molar refractivity (Wildman–Crippen MR) is 96.9 cm³/mol. The molecule has 0 atom stereocenters. The Morgan fingerprint density at radius 1 is 1.10 bits per heavy atom. The van der Waals surface area contributed by atoms with Crippen molar-refractivity contribution < 1.29 is 31.2 Å². The van der Waals surface area contributed by atoms with E-state index in [9.17, 15) is 26.7 Å². The zero-order valence-electron chi connectivity index (χ0n) is 15.0. The molecule has 4 rings (SSSR count). The maximum Gasteiger partial charge on any atom is 0.416 e. The van der Waals surface area contributed by atoms with E-state index in [1.807, 2.05) is 0 Å². The van der Waals surface area contributed by atoms with Crippen molar-refractivity contribution in [2.75, 3.05) is 5.32 Å². The van der Waals surface area contributed by atoms with E-state index in [1.54, 1.807) is 12.1 Å². The van der Waals surface area contributed by atoms with Gasteiger partial charge in [-0.05, 0) is 42.5 Å². The Bertz CT molecular complexity index is 1230. The summed E-state index contributed by atoms with van der Waals surface area (Å²) in [6, 6.07) is 8.67. The fourth-order valence-electron chi connectivity index (χ4n) is 2.96. The van der Waals surface area contributed by atoms with Gasteiger partial charge in [0.05, 0.1) is 35.0 Å². The van der Waals surface area contributed by atoms with Crippen molar-refractivity contribution in [2.24, 2.45) is 0 Å². The third-order valence-corrected chi connectivity index (χ3v) is 4.37. The number of nitrogens with one attached hydrogen (secondary N) is 1. The Hall–Kier alpha value is -3.69. The first-order valence-corrected chi connectivity index (χ1v) is 8.58. The minimum atomic E-state index is -4.57. The number of aromatic nitrogens is 2. The molecule has 2 aromatic carbocycles. The van der Waals surface area contributed by atoms with Gasteiger partial charge in [-0.1, -0.05) is 0 Å². The molecule has 2 heterocycles. The first-order chi connectivity index (χ1) is 14.2. The second kappa shape index (κ2) is 7.29. The summed E-state index contributed by atoms with van der Waals surface area (Å²) in [6.45, 7) is 0.0520. The molecular weight excluding hydrogens is 409 g/mol. The molecule has 10 heteroatoms. The topological polar surface area (TPSA) is 60.1 Å². The molecule has 0 saturated carbocycles. The summed E-state index contributed by atoms with van der Waals surface area (Å²) in [6.07, 6.45) is -3.15. The largest absolute Gasteiger partial charge is 0.467 e. The van der Waals surface area contributed by atoms with Crippen LogP contribution in [0.1, 0.15) is 21.7 Å². The van der Waals surface area contributed by atoms with Gasteiger partial charge in [-0.25, -0.2) is 13.8 Å². The van der Waals surface area contributed by atoms with Crippen LogP contribution in [0.5, 0.6) is 0 Å². The number of anilines is 1. The molecule has 1 amide bonds. The number of carbonyl (C=O) groups excluding carboxylic acids is 1. The van der Waals surface area contributed by atoms with Gasteiger partial charge in [0.1, 0.15) is 17.4 Å². The fraction of sp³-hybridized carbons (Fsp3) is 0.100. The number of imidazole rings is 1. The van der Waals surface area contributed by atoms with Gasteiger partial charge in [0.15, 0.2) is 0 Å². The average molecular weight is 421 g/mol. The van der Waals surface area contributed by atoms with Gasteiger partial charge >= 0.3 is 6.18 Å². The summed E-state index contributed by atoms with van der Waals surface area (Å²) in [5.74, 6) is -2.53. The lowest BCUT2D eigenvalue weighted by Gasteiger charge is -2.10. The number of amides is 1. The van der Waals surface area contributed by atoms with Crippen molar-refractivity contribution in [1.29, 1.82) is 0 Å². The van der Waals surface area contributed by atoms with Gasteiger partial charge in [0, 0.05) is 6.07 Å². The zero-order chi connectivity index (χ0) is 21.5. The molecule has 0 spiro atoms. The molecule has 0 aliphatic rings. The number of nitrogens with zero attached hydrogens (tertiary/aromatic N) is 2. The molecule has 1 N–H and O–H groups in total. The van der Waals surface area contributed by atoms with Gasteiger partial charge in [-0.15, -0.1) is 0 Å². The summed E-state index contributed by atoms with van der Waals surface area (Å²) < 4.78 is 72.9. The molecule has 154 valence electrons. The Morgan fingerprint density at radius 2 is 1.90 bits per heavy atom. The molecule has 0 bridgehead atoms. The minimum Gasteiger partial charge on any atom is -0.467 e. The molecule has 4 aromatic rings. The Morgan fingerprint density at radius 3 is 2.57 bits per heavy atom. The van der Waals surface area contributed by atoms with Crippen LogP contribution in [0.2, 0.25) is 0 Å². The minimum absolute atomic E-state index is 0.0220. The summed E-state index contributed by atoms with van der Waals surface area (Å²) in [5.41, 5.74) is -1.07. The third kappa shape index (κ3) is 3.76. The molecule has 5 nitrogen and oxygen atoms in total. The van der Waals surface area contributed by atoms with Crippen LogP contribution in [-0.4, -0.2) is 15.5 Å². The van der Waals surface area contributed by atoms with Crippen LogP contribution >= 0.6 is 0 Å². The first kappa shape index (κ1) is 19.6. The second-order valence-corrected chi connectivity index (χ2v) is 6.38. The number of alkyl halides is 3. The number of hydrogen-bond acceptors (Lipinski definition) is 3. The van der Waals surface area contributed by atoms with Crippen molar-refractivity contribution in [3.05, 3.63) is 83.3 Å². The summed E-state index contributed by atoms with van der Waals surface area (Å²) in [7, 11) is 0. The number of halogens is 5. The van der Waals surface area contributed by atoms with Gasteiger partial charge in [-0.3, -0.25) is 10.1 Å². The van der Waals surface area contributed by atoms with Crippen molar-refractivity contribution in [3.63, 3.8) is 0 Å². The van der Waals surface area contributed by atoms with Crippen molar-refractivity contribution in [1.82, 2.24) is 9.55 Å². The van der Waals surface area contributed by atoms with Crippen LogP contribution in [0, 0.1) is 11.6 Å². The van der Waals surface area contributed by atoms with E-state index in [0.717, 1.165) is 24.3 Å². The molecule has 0 saturated heterocycles. The van der Waals surface area contributed by atoms with Crippen molar-refractivity contribution in [3.8, 4) is 0 Å². The van der Waals surface area contributed by atoms with Crippen molar-refractivity contribution >= 4 is 22.9 Å². The fourth-order valence-corrected chi connectivity index (χ4v) is 2.96. The number of fused-ring (bicyclic) bond motifs is 1. The SMILES string of the molecule is O=C(Nc1nc2cc(C(F)(F)F)ccc2n1Cc1ccco1)c1ccc(F)cc1F. The van der Waals surface area contributed by atoms with Crippen LogP contribution < -0.4 is 5.32 Å². The molecule has 0 radical (unpaired) electrons. The van der Waals surface area contributed by atoms with Gasteiger partial charge in [0.2, 0.25) is 5.95 Å². The molecule has 0 aliphatic carbocycles. The molecule has 0 unspecified atom stereocenters. The maximum absolute atomic E-state index is 13.9. The maximum atomic E-state index is 13.9. The predicted octanol–water partition coefficient (Wildman–Crippen LogP) is 5.23. The number of benzene rings is 2.